The first-order valence-electron chi connectivity index (χ1n) is 7.67. The molecule has 1 aliphatic carbocycles. The first-order valence-corrected chi connectivity index (χ1v) is 7.67. The molecule has 0 amide bonds. The van der Waals surface area contributed by atoms with Crippen LogP contribution in [0, 0.1) is 5.92 Å². The fourth-order valence-electron chi connectivity index (χ4n) is 3.97. The predicted octanol–water partition coefficient (Wildman–Crippen LogP) is 1.57. The zero-order valence-corrected chi connectivity index (χ0v) is 12.7. The third-order valence-electron chi connectivity index (χ3n) is 4.98. The summed E-state index contributed by atoms with van der Waals surface area (Å²) in [5.41, 5.74) is 2.61. The van der Waals surface area contributed by atoms with E-state index >= 15 is 0 Å². The Labute approximate surface area is 125 Å². The Balaban J connectivity index is 1.86. The van der Waals surface area contributed by atoms with Gasteiger partial charge in [0.05, 0.1) is 12.7 Å². The summed E-state index contributed by atoms with van der Waals surface area (Å²) in [6.45, 7) is 2.49. The largest absolute Gasteiger partial charge is 0.465 e. The second-order valence-corrected chi connectivity index (χ2v) is 6.32. The van der Waals surface area contributed by atoms with Crippen LogP contribution < -0.4 is 0 Å². The van der Waals surface area contributed by atoms with E-state index in [0.29, 0.717) is 12.6 Å². The fourth-order valence-corrected chi connectivity index (χ4v) is 3.97. The molecule has 1 aliphatic heterocycles. The first-order chi connectivity index (χ1) is 10.1. The van der Waals surface area contributed by atoms with Crippen molar-refractivity contribution in [1.29, 1.82) is 0 Å². The van der Waals surface area contributed by atoms with E-state index in [-0.39, 0.29) is 17.8 Å². The van der Waals surface area contributed by atoms with E-state index in [0.717, 1.165) is 19.4 Å². The highest BCUT2D eigenvalue weighted by atomic mass is 16.5. The van der Waals surface area contributed by atoms with Crippen molar-refractivity contribution in [2.24, 2.45) is 5.92 Å². The highest BCUT2D eigenvalue weighted by molar-refractivity contribution is 5.65. The van der Waals surface area contributed by atoms with E-state index in [1.807, 2.05) is 6.07 Å². The SMILES string of the molecule is CC(=O)OC[C@@H]1CN(C)[C@@H]2CCc3ccccc3[C@H]2[C@@H]1O. The molecule has 1 N–H and O–H groups in total. The summed E-state index contributed by atoms with van der Waals surface area (Å²) >= 11 is 0. The molecule has 1 aromatic carbocycles. The molecular formula is C17H23NO3. The van der Waals surface area contributed by atoms with E-state index in [2.05, 4.69) is 30.1 Å². The van der Waals surface area contributed by atoms with Crippen molar-refractivity contribution in [3.8, 4) is 0 Å². The number of aliphatic hydroxyl groups excluding tert-OH is 1. The van der Waals surface area contributed by atoms with E-state index in [9.17, 15) is 9.90 Å². The van der Waals surface area contributed by atoms with Gasteiger partial charge in [0.25, 0.3) is 0 Å². The molecule has 4 nitrogen and oxygen atoms in total. The average Bonchev–Trinajstić information content (AvgIpc) is 2.48. The average molecular weight is 289 g/mol. The molecule has 1 fully saturated rings. The van der Waals surface area contributed by atoms with Gasteiger partial charge in [-0.25, -0.2) is 0 Å². The molecule has 4 atom stereocenters. The third kappa shape index (κ3) is 2.70. The monoisotopic (exact) mass is 289 g/mol. The summed E-state index contributed by atoms with van der Waals surface area (Å²) < 4.78 is 5.14. The molecule has 2 aliphatic rings. The summed E-state index contributed by atoms with van der Waals surface area (Å²) in [4.78, 5) is 13.4. The minimum absolute atomic E-state index is 0.0219. The number of hydrogen-bond donors (Lipinski definition) is 1. The van der Waals surface area contributed by atoms with E-state index in [1.165, 1.54) is 18.1 Å². The summed E-state index contributed by atoms with van der Waals surface area (Å²) in [5.74, 6) is -0.184. The van der Waals surface area contributed by atoms with Crippen molar-refractivity contribution >= 4 is 5.97 Å². The highest BCUT2D eigenvalue weighted by Gasteiger charge is 2.44. The number of hydrogen-bond acceptors (Lipinski definition) is 4. The topological polar surface area (TPSA) is 49.8 Å². The number of carbonyl (C=O) groups excluding carboxylic acids is 1. The van der Waals surface area contributed by atoms with Gasteiger partial charge in [-0.15, -0.1) is 0 Å². The van der Waals surface area contributed by atoms with Gasteiger partial charge < -0.3 is 14.7 Å². The Bertz CT molecular complexity index is 531. The highest BCUT2D eigenvalue weighted by Crippen LogP contribution is 2.42. The van der Waals surface area contributed by atoms with Crippen molar-refractivity contribution in [1.82, 2.24) is 4.90 Å². The number of benzene rings is 1. The maximum atomic E-state index is 11.0. The minimum Gasteiger partial charge on any atom is -0.465 e. The second-order valence-electron chi connectivity index (χ2n) is 6.32. The number of likely N-dealkylation sites (N-methyl/N-ethyl adjacent to an activating group) is 1. The lowest BCUT2D eigenvalue weighted by Gasteiger charge is -2.49. The number of carbonyl (C=O) groups is 1. The Hall–Kier alpha value is -1.39. The van der Waals surface area contributed by atoms with Gasteiger partial charge in [0, 0.05) is 31.3 Å². The van der Waals surface area contributed by atoms with Gasteiger partial charge in [-0.2, -0.15) is 0 Å². The predicted molar refractivity (Wildman–Crippen MR) is 80.1 cm³/mol. The fraction of sp³-hybridized carbons (Fsp3) is 0.588. The molecule has 0 spiro atoms. The first kappa shape index (κ1) is 14.5. The van der Waals surface area contributed by atoms with Gasteiger partial charge in [0.15, 0.2) is 0 Å². The van der Waals surface area contributed by atoms with Crippen molar-refractivity contribution in [3.63, 3.8) is 0 Å². The number of rotatable bonds is 2. The Morgan fingerprint density at radius 2 is 2.19 bits per heavy atom. The lowest BCUT2D eigenvalue weighted by atomic mass is 9.70. The van der Waals surface area contributed by atoms with Crippen molar-refractivity contribution < 1.29 is 14.6 Å². The number of fused-ring (bicyclic) bond motifs is 3. The summed E-state index contributed by atoms with van der Waals surface area (Å²) in [6, 6.07) is 8.78. The van der Waals surface area contributed by atoms with Gasteiger partial charge in [0.1, 0.15) is 0 Å². The lowest BCUT2D eigenvalue weighted by Crippen LogP contribution is -2.55. The van der Waals surface area contributed by atoms with Gasteiger partial charge in [-0.1, -0.05) is 24.3 Å². The van der Waals surface area contributed by atoms with Crippen LogP contribution in [0.5, 0.6) is 0 Å². The molecule has 0 aromatic heterocycles. The van der Waals surface area contributed by atoms with E-state index < -0.39 is 6.10 Å². The minimum atomic E-state index is -0.452. The number of piperidine rings is 1. The standard InChI is InChI=1S/C17H23NO3/c1-11(19)21-10-13-9-18(2)15-8-7-12-5-3-4-6-14(12)16(15)17(13)20/h3-6,13,15-17,20H,7-10H2,1-2H3/t13-,15+,16+,17+/m0/s1. The maximum Gasteiger partial charge on any atom is 0.302 e. The van der Waals surface area contributed by atoms with Crippen LogP contribution in [-0.4, -0.2) is 48.3 Å². The molecule has 0 saturated carbocycles. The molecule has 1 saturated heterocycles. The molecule has 1 aromatic rings. The number of nitrogens with zero attached hydrogens (tertiary/aromatic N) is 1. The molecule has 0 radical (unpaired) electrons. The molecule has 4 heteroatoms. The molecule has 3 rings (SSSR count). The molecule has 0 unspecified atom stereocenters. The maximum absolute atomic E-state index is 11.0. The second kappa shape index (κ2) is 5.78. The van der Waals surface area contributed by atoms with Gasteiger partial charge in [0.2, 0.25) is 0 Å². The van der Waals surface area contributed by atoms with E-state index in [1.54, 1.807) is 0 Å². The van der Waals surface area contributed by atoms with Crippen LogP contribution >= 0.6 is 0 Å². The van der Waals surface area contributed by atoms with Crippen LogP contribution in [0.15, 0.2) is 24.3 Å². The number of ether oxygens (including phenoxy) is 1. The molecule has 0 bridgehead atoms. The summed E-state index contributed by atoms with van der Waals surface area (Å²) in [6.07, 6.45) is 1.70. The molecule has 1 heterocycles. The third-order valence-corrected chi connectivity index (χ3v) is 4.98. The van der Waals surface area contributed by atoms with Crippen molar-refractivity contribution in [2.75, 3.05) is 20.2 Å². The van der Waals surface area contributed by atoms with Crippen LogP contribution in [-0.2, 0) is 16.0 Å². The van der Waals surface area contributed by atoms with E-state index in [4.69, 9.17) is 4.74 Å². The molecule has 114 valence electrons. The molecular weight excluding hydrogens is 266 g/mol. The number of esters is 1. The Morgan fingerprint density at radius 1 is 1.43 bits per heavy atom. The normalized spacial score (nSPS) is 32.1. The quantitative estimate of drug-likeness (QED) is 0.840. The summed E-state index contributed by atoms with van der Waals surface area (Å²) in [5, 5.41) is 10.8. The number of likely N-dealkylation sites (tertiary alicyclic amines) is 1. The Kier molecular flexibility index (Phi) is 4.00. The van der Waals surface area contributed by atoms with Gasteiger partial charge >= 0.3 is 5.97 Å². The van der Waals surface area contributed by atoms with Crippen molar-refractivity contribution in [3.05, 3.63) is 35.4 Å². The Morgan fingerprint density at radius 3 is 2.95 bits per heavy atom. The van der Waals surface area contributed by atoms with Crippen LogP contribution in [0.2, 0.25) is 0 Å². The van der Waals surface area contributed by atoms with Crippen LogP contribution in [0.4, 0.5) is 0 Å². The molecule has 21 heavy (non-hydrogen) atoms. The van der Waals surface area contributed by atoms with Gasteiger partial charge in [-0.3, -0.25) is 4.79 Å². The van der Waals surface area contributed by atoms with Crippen molar-refractivity contribution in [2.45, 2.75) is 37.8 Å². The van der Waals surface area contributed by atoms with Crippen LogP contribution in [0.25, 0.3) is 0 Å². The summed E-state index contributed by atoms with van der Waals surface area (Å²) in [7, 11) is 2.11. The number of aliphatic hydroxyl groups is 1. The zero-order chi connectivity index (χ0) is 15.0. The number of aryl methyl sites for hydroxylation is 1. The van der Waals surface area contributed by atoms with Crippen LogP contribution in [0.3, 0.4) is 0 Å². The smallest absolute Gasteiger partial charge is 0.302 e. The van der Waals surface area contributed by atoms with Gasteiger partial charge in [-0.05, 0) is 31.0 Å². The van der Waals surface area contributed by atoms with Crippen LogP contribution in [0.1, 0.15) is 30.4 Å². The lowest BCUT2D eigenvalue weighted by molar-refractivity contribution is -0.145. The zero-order valence-electron chi connectivity index (χ0n) is 12.7.